The van der Waals surface area contributed by atoms with E-state index >= 15 is 0 Å². The van der Waals surface area contributed by atoms with Crippen LogP contribution >= 0.6 is 0 Å². The van der Waals surface area contributed by atoms with E-state index in [-0.39, 0.29) is 17.6 Å². The highest BCUT2D eigenvalue weighted by atomic mass is 16.5. The highest BCUT2D eigenvalue weighted by Gasteiger charge is 2.36. The van der Waals surface area contributed by atoms with Gasteiger partial charge >= 0.3 is 0 Å². The van der Waals surface area contributed by atoms with Gasteiger partial charge in [0.1, 0.15) is 11.5 Å². The minimum absolute atomic E-state index is 0.0100. The number of morpholine rings is 1. The van der Waals surface area contributed by atoms with E-state index < -0.39 is 0 Å². The summed E-state index contributed by atoms with van der Waals surface area (Å²) in [6.07, 6.45) is -0.110. The molecule has 2 N–H and O–H groups in total. The van der Waals surface area contributed by atoms with Gasteiger partial charge in [0, 0.05) is 19.6 Å². The van der Waals surface area contributed by atoms with Crippen LogP contribution in [0.1, 0.15) is 35.7 Å². The number of ether oxygens (including phenoxy) is 1. The number of hydrogen-bond donors (Lipinski definition) is 1. The van der Waals surface area contributed by atoms with Crippen LogP contribution in [0.15, 0.2) is 10.5 Å². The van der Waals surface area contributed by atoms with Crippen molar-refractivity contribution in [2.75, 3.05) is 19.6 Å². The topological polar surface area (TPSA) is 68.7 Å². The molecule has 5 nitrogen and oxygen atoms in total. The van der Waals surface area contributed by atoms with Crippen LogP contribution in [0.25, 0.3) is 0 Å². The van der Waals surface area contributed by atoms with Crippen LogP contribution in [-0.4, -0.2) is 42.1 Å². The van der Waals surface area contributed by atoms with Crippen LogP contribution in [0.3, 0.4) is 0 Å². The molecule has 106 valence electrons. The van der Waals surface area contributed by atoms with Crippen LogP contribution in [0.2, 0.25) is 0 Å². The first kappa shape index (κ1) is 14.1. The Hall–Kier alpha value is -1.33. The van der Waals surface area contributed by atoms with Gasteiger partial charge in [-0.05, 0) is 33.8 Å². The van der Waals surface area contributed by atoms with Crippen molar-refractivity contribution >= 4 is 5.91 Å². The Morgan fingerprint density at radius 2 is 2.21 bits per heavy atom. The number of nitrogens with zero attached hydrogens (tertiary/aromatic N) is 1. The molecule has 5 heteroatoms. The third-order valence-electron chi connectivity index (χ3n) is 3.30. The highest BCUT2D eigenvalue weighted by Crippen LogP contribution is 2.24. The Kier molecular flexibility index (Phi) is 3.69. The van der Waals surface area contributed by atoms with Crippen LogP contribution < -0.4 is 5.73 Å². The first-order valence-corrected chi connectivity index (χ1v) is 6.56. The molecule has 0 bridgehead atoms. The lowest BCUT2D eigenvalue weighted by Crippen LogP contribution is -2.56. The van der Waals surface area contributed by atoms with Crippen molar-refractivity contribution in [2.24, 2.45) is 5.73 Å². The Balaban J connectivity index is 2.21. The molecular formula is C14H22N2O3. The maximum Gasteiger partial charge on any atom is 0.257 e. The number of furan rings is 1. The van der Waals surface area contributed by atoms with E-state index in [0.29, 0.717) is 31.0 Å². The fraction of sp³-hybridized carbons (Fsp3) is 0.643. The van der Waals surface area contributed by atoms with Crippen LogP contribution in [-0.2, 0) is 4.74 Å². The molecular weight excluding hydrogens is 244 g/mol. The van der Waals surface area contributed by atoms with Crippen molar-refractivity contribution in [1.29, 1.82) is 0 Å². The number of carbonyl (C=O) groups excluding carboxylic acids is 1. The molecule has 0 aliphatic carbocycles. The molecule has 1 aromatic rings. The molecule has 2 heterocycles. The van der Waals surface area contributed by atoms with Crippen LogP contribution in [0, 0.1) is 13.8 Å². The minimum atomic E-state index is -0.370. The maximum absolute atomic E-state index is 12.6. The second kappa shape index (κ2) is 4.98. The Labute approximate surface area is 113 Å². The number of nitrogens with two attached hydrogens (primary N) is 1. The van der Waals surface area contributed by atoms with Crippen molar-refractivity contribution in [1.82, 2.24) is 4.90 Å². The molecule has 1 atom stereocenters. The predicted octanol–water partition coefficient (Wildman–Crippen LogP) is 1.47. The van der Waals surface area contributed by atoms with Gasteiger partial charge in [0.2, 0.25) is 0 Å². The monoisotopic (exact) mass is 266 g/mol. The summed E-state index contributed by atoms with van der Waals surface area (Å²) in [5.74, 6) is 1.41. The van der Waals surface area contributed by atoms with E-state index in [2.05, 4.69) is 0 Å². The van der Waals surface area contributed by atoms with Gasteiger partial charge in [-0.2, -0.15) is 0 Å². The lowest BCUT2D eigenvalue weighted by molar-refractivity contribution is -0.122. The molecule has 2 rings (SSSR count). The number of hydrogen-bond acceptors (Lipinski definition) is 4. The van der Waals surface area contributed by atoms with Crippen LogP contribution in [0.5, 0.6) is 0 Å². The quantitative estimate of drug-likeness (QED) is 0.880. The summed E-state index contributed by atoms with van der Waals surface area (Å²) in [6.45, 7) is 9.11. The smallest absolute Gasteiger partial charge is 0.257 e. The van der Waals surface area contributed by atoms with Gasteiger partial charge in [-0.15, -0.1) is 0 Å². The third-order valence-corrected chi connectivity index (χ3v) is 3.30. The van der Waals surface area contributed by atoms with E-state index in [9.17, 15) is 4.79 Å². The van der Waals surface area contributed by atoms with Gasteiger partial charge in [0.25, 0.3) is 5.91 Å². The molecule has 0 aromatic carbocycles. The summed E-state index contributed by atoms with van der Waals surface area (Å²) in [7, 11) is 0. The first-order valence-electron chi connectivity index (χ1n) is 6.56. The Morgan fingerprint density at radius 1 is 1.53 bits per heavy atom. The summed E-state index contributed by atoms with van der Waals surface area (Å²) in [6, 6.07) is 1.79. The number of rotatable bonds is 2. The molecule has 1 aliphatic rings. The fourth-order valence-corrected chi connectivity index (χ4v) is 2.59. The Morgan fingerprint density at radius 3 is 2.74 bits per heavy atom. The average molecular weight is 266 g/mol. The zero-order chi connectivity index (χ0) is 14.2. The molecule has 1 aromatic heterocycles. The number of aryl methyl sites for hydroxylation is 2. The maximum atomic E-state index is 12.6. The van der Waals surface area contributed by atoms with Gasteiger partial charge in [-0.3, -0.25) is 4.79 Å². The van der Waals surface area contributed by atoms with Crippen molar-refractivity contribution < 1.29 is 13.9 Å². The van der Waals surface area contributed by atoms with E-state index in [4.69, 9.17) is 14.9 Å². The zero-order valence-electron chi connectivity index (χ0n) is 12.0. The summed E-state index contributed by atoms with van der Waals surface area (Å²) >= 11 is 0. The second-order valence-corrected chi connectivity index (χ2v) is 5.75. The fourth-order valence-electron chi connectivity index (χ4n) is 2.59. The van der Waals surface area contributed by atoms with E-state index in [0.717, 1.165) is 5.76 Å². The summed E-state index contributed by atoms with van der Waals surface area (Å²) in [5, 5.41) is 0. The average Bonchev–Trinajstić information content (AvgIpc) is 2.65. The van der Waals surface area contributed by atoms with Crippen LogP contribution in [0.4, 0.5) is 0 Å². The molecule has 0 spiro atoms. The van der Waals surface area contributed by atoms with Gasteiger partial charge in [-0.1, -0.05) is 0 Å². The SMILES string of the molecule is Cc1cc(C(=O)N2CC(CN)OC(C)(C)C2)c(C)o1. The van der Waals surface area contributed by atoms with Gasteiger partial charge in [-0.25, -0.2) is 0 Å². The highest BCUT2D eigenvalue weighted by molar-refractivity contribution is 5.95. The molecule has 1 amide bonds. The molecule has 1 saturated heterocycles. The summed E-state index contributed by atoms with van der Waals surface area (Å²) in [5.41, 5.74) is 5.94. The lowest BCUT2D eigenvalue weighted by Gasteiger charge is -2.42. The normalized spacial score (nSPS) is 22.6. The predicted molar refractivity (Wildman–Crippen MR) is 72.1 cm³/mol. The number of amides is 1. The largest absolute Gasteiger partial charge is 0.466 e. The Bertz CT molecular complexity index is 479. The molecule has 0 saturated carbocycles. The standard InChI is InChI=1S/C14H22N2O3/c1-9-5-12(10(2)18-9)13(17)16-7-11(6-15)19-14(3,4)8-16/h5,11H,6-8,15H2,1-4H3. The molecule has 1 unspecified atom stereocenters. The van der Waals surface area contributed by atoms with Crippen molar-refractivity contribution in [2.45, 2.75) is 39.4 Å². The third kappa shape index (κ3) is 2.98. The van der Waals surface area contributed by atoms with Crippen molar-refractivity contribution in [3.63, 3.8) is 0 Å². The summed E-state index contributed by atoms with van der Waals surface area (Å²) in [4.78, 5) is 14.4. The van der Waals surface area contributed by atoms with Gasteiger partial charge in [0.15, 0.2) is 0 Å². The van der Waals surface area contributed by atoms with Gasteiger partial charge in [0.05, 0.1) is 17.3 Å². The zero-order valence-corrected chi connectivity index (χ0v) is 12.0. The van der Waals surface area contributed by atoms with E-state index in [1.807, 2.05) is 27.7 Å². The van der Waals surface area contributed by atoms with Gasteiger partial charge < -0.3 is 19.8 Å². The molecule has 1 fully saturated rings. The summed E-state index contributed by atoms with van der Waals surface area (Å²) < 4.78 is 11.3. The molecule has 0 radical (unpaired) electrons. The van der Waals surface area contributed by atoms with E-state index in [1.165, 1.54) is 0 Å². The number of carbonyl (C=O) groups is 1. The van der Waals surface area contributed by atoms with Crippen molar-refractivity contribution in [3.05, 3.63) is 23.2 Å². The lowest BCUT2D eigenvalue weighted by atomic mass is 10.0. The second-order valence-electron chi connectivity index (χ2n) is 5.75. The van der Waals surface area contributed by atoms with E-state index in [1.54, 1.807) is 11.0 Å². The molecule has 19 heavy (non-hydrogen) atoms. The van der Waals surface area contributed by atoms with Crippen molar-refractivity contribution in [3.8, 4) is 0 Å². The first-order chi connectivity index (χ1) is 8.82. The minimum Gasteiger partial charge on any atom is -0.466 e. The molecule has 1 aliphatic heterocycles.